The van der Waals surface area contributed by atoms with Crippen molar-refractivity contribution in [3.8, 4) is 0 Å². The van der Waals surface area contributed by atoms with Crippen LogP contribution in [0.2, 0.25) is 0 Å². The Labute approximate surface area is 81.7 Å². The van der Waals surface area contributed by atoms with E-state index in [2.05, 4.69) is 17.1 Å². The number of nitrogens with zero attached hydrogens (tertiary/aromatic N) is 1. The standard InChI is InChI=1S/C11H22N2/c1-10-5-4-6-11(12-10)9-13-7-2-3-8-13/h10-12H,2-9H2,1H3/t10-,11+/m1/s1. The summed E-state index contributed by atoms with van der Waals surface area (Å²) in [5.74, 6) is 0. The second-order valence-corrected chi connectivity index (χ2v) is 4.70. The SMILES string of the molecule is C[C@@H]1CCC[C@@H](CN2CCCC2)N1. The topological polar surface area (TPSA) is 15.3 Å². The van der Waals surface area contributed by atoms with Gasteiger partial charge in [-0.25, -0.2) is 0 Å². The predicted molar refractivity (Wildman–Crippen MR) is 55.9 cm³/mol. The Morgan fingerprint density at radius 1 is 1.15 bits per heavy atom. The molecule has 2 heteroatoms. The van der Waals surface area contributed by atoms with Crippen LogP contribution in [0.3, 0.4) is 0 Å². The highest BCUT2D eigenvalue weighted by atomic mass is 15.2. The predicted octanol–water partition coefficient (Wildman–Crippen LogP) is 1.61. The van der Waals surface area contributed by atoms with Crippen LogP contribution in [0, 0.1) is 0 Å². The zero-order valence-electron chi connectivity index (χ0n) is 8.76. The summed E-state index contributed by atoms with van der Waals surface area (Å²) in [5, 5.41) is 3.70. The van der Waals surface area contributed by atoms with Gasteiger partial charge in [-0.15, -0.1) is 0 Å². The average Bonchev–Trinajstić information content (AvgIpc) is 2.57. The molecule has 2 nitrogen and oxygen atoms in total. The molecule has 0 aromatic carbocycles. The fourth-order valence-electron chi connectivity index (χ4n) is 2.66. The minimum Gasteiger partial charge on any atom is -0.310 e. The van der Waals surface area contributed by atoms with Gasteiger partial charge in [0.1, 0.15) is 0 Å². The minimum atomic E-state index is 0.751. The van der Waals surface area contributed by atoms with Gasteiger partial charge in [0, 0.05) is 18.6 Å². The van der Waals surface area contributed by atoms with Gasteiger partial charge in [-0.3, -0.25) is 0 Å². The number of piperidine rings is 1. The van der Waals surface area contributed by atoms with Crippen LogP contribution in [-0.4, -0.2) is 36.6 Å². The zero-order chi connectivity index (χ0) is 9.10. The van der Waals surface area contributed by atoms with Crippen molar-refractivity contribution in [1.82, 2.24) is 10.2 Å². The molecule has 2 aliphatic rings. The lowest BCUT2D eigenvalue weighted by Gasteiger charge is -2.31. The largest absolute Gasteiger partial charge is 0.310 e. The molecule has 2 saturated heterocycles. The van der Waals surface area contributed by atoms with Gasteiger partial charge in [-0.1, -0.05) is 6.42 Å². The van der Waals surface area contributed by atoms with Crippen molar-refractivity contribution in [2.45, 2.75) is 51.1 Å². The Morgan fingerprint density at radius 2 is 1.92 bits per heavy atom. The molecule has 0 radical (unpaired) electrons. The van der Waals surface area contributed by atoms with Crippen LogP contribution in [-0.2, 0) is 0 Å². The van der Waals surface area contributed by atoms with Gasteiger partial charge in [0.2, 0.25) is 0 Å². The highest BCUT2D eigenvalue weighted by molar-refractivity contribution is 4.81. The molecular formula is C11H22N2. The number of hydrogen-bond acceptors (Lipinski definition) is 2. The lowest BCUT2D eigenvalue weighted by Crippen LogP contribution is -2.46. The first kappa shape index (κ1) is 9.47. The van der Waals surface area contributed by atoms with Crippen molar-refractivity contribution in [3.05, 3.63) is 0 Å². The van der Waals surface area contributed by atoms with Gasteiger partial charge in [-0.2, -0.15) is 0 Å². The Hall–Kier alpha value is -0.0800. The number of likely N-dealkylation sites (tertiary alicyclic amines) is 1. The summed E-state index contributed by atoms with van der Waals surface area (Å²) in [7, 11) is 0. The maximum absolute atomic E-state index is 3.70. The van der Waals surface area contributed by atoms with Gasteiger partial charge in [0.05, 0.1) is 0 Å². The van der Waals surface area contributed by atoms with Crippen LogP contribution in [0.25, 0.3) is 0 Å². The van der Waals surface area contributed by atoms with Crippen LogP contribution in [0.15, 0.2) is 0 Å². The van der Waals surface area contributed by atoms with Crippen molar-refractivity contribution in [1.29, 1.82) is 0 Å². The second kappa shape index (κ2) is 4.43. The van der Waals surface area contributed by atoms with Crippen LogP contribution in [0.5, 0.6) is 0 Å². The smallest absolute Gasteiger partial charge is 0.0197 e. The first-order chi connectivity index (χ1) is 6.34. The maximum Gasteiger partial charge on any atom is 0.0197 e. The highest BCUT2D eigenvalue weighted by Gasteiger charge is 2.21. The summed E-state index contributed by atoms with van der Waals surface area (Å²) >= 11 is 0. The summed E-state index contributed by atoms with van der Waals surface area (Å²) in [5.41, 5.74) is 0. The van der Waals surface area contributed by atoms with Crippen molar-refractivity contribution in [2.24, 2.45) is 0 Å². The van der Waals surface area contributed by atoms with E-state index in [4.69, 9.17) is 0 Å². The molecule has 0 spiro atoms. The first-order valence-corrected chi connectivity index (χ1v) is 5.83. The van der Waals surface area contributed by atoms with E-state index in [0.29, 0.717) is 0 Å². The molecule has 0 aromatic rings. The minimum absolute atomic E-state index is 0.751. The van der Waals surface area contributed by atoms with Crippen molar-refractivity contribution in [2.75, 3.05) is 19.6 Å². The molecule has 0 aromatic heterocycles. The quantitative estimate of drug-likeness (QED) is 0.698. The molecule has 1 N–H and O–H groups in total. The van der Waals surface area contributed by atoms with E-state index in [1.54, 1.807) is 0 Å². The summed E-state index contributed by atoms with van der Waals surface area (Å²) in [4.78, 5) is 2.62. The summed E-state index contributed by atoms with van der Waals surface area (Å²) in [6.07, 6.45) is 7.02. The zero-order valence-corrected chi connectivity index (χ0v) is 8.76. The lowest BCUT2D eigenvalue weighted by atomic mass is 9.99. The molecule has 2 fully saturated rings. The summed E-state index contributed by atoms with van der Waals surface area (Å²) < 4.78 is 0. The first-order valence-electron chi connectivity index (χ1n) is 5.83. The van der Waals surface area contributed by atoms with Gasteiger partial charge in [0.25, 0.3) is 0 Å². The Morgan fingerprint density at radius 3 is 2.62 bits per heavy atom. The molecule has 0 aliphatic carbocycles. The van der Waals surface area contributed by atoms with Gasteiger partial charge >= 0.3 is 0 Å². The molecule has 0 saturated carbocycles. The Balaban J connectivity index is 1.73. The number of nitrogens with one attached hydrogen (secondary N) is 1. The van der Waals surface area contributed by atoms with Gasteiger partial charge in [0.15, 0.2) is 0 Å². The van der Waals surface area contributed by atoms with E-state index < -0.39 is 0 Å². The second-order valence-electron chi connectivity index (χ2n) is 4.70. The molecule has 2 heterocycles. The number of rotatable bonds is 2. The van der Waals surface area contributed by atoms with Gasteiger partial charge in [-0.05, 0) is 45.7 Å². The fraction of sp³-hybridized carbons (Fsp3) is 1.00. The van der Waals surface area contributed by atoms with E-state index in [-0.39, 0.29) is 0 Å². The molecule has 2 aliphatic heterocycles. The van der Waals surface area contributed by atoms with E-state index >= 15 is 0 Å². The van der Waals surface area contributed by atoms with Crippen molar-refractivity contribution < 1.29 is 0 Å². The summed E-state index contributed by atoms with van der Waals surface area (Å²) in [6, 6.07) is 1.53. The third-order valence-corrected chi connectivity index (χ3v) is 3.39. The number of hydrogen-bond donors (Lipinski definition) is 1. The molecule has 76 valence electrons. The normalized spacial score (nSPS) is 36.7. The van der Waals surface area contributed by atoms with E-state index in [1.165, 1.54) is 51.7 Å². The van der Waals surface area contributed by atoms with E-state index in [0.717, 1.165) is 12.1 Å². The lowest BCUT2D eigenvalue weighted by molar-refractivity contribution is 0.241. The van der Waals surface area contributed by atoms with Crippen LogP contribution >= 0.6 is 0 Å². The van der Waals surface area contributed by atoms with Crippen molar-refractivity contribution in [3.63, 3.8) is 0 Å². The molecule has 0 bridgehead atoms. The van der Waals surface area contributed by atoms with Crippen LogP contribution < -0.4 is 5.32 Å². The van der Waals surface area contributed by atoms with Crippen LogP contribution in [0.1, 0.15) is 39.0 Å². The monoisotopic (exact) mass is 182 g/mol. The third-order valence-electron chi connectivity index (χ3n) is 3.39. The molecule has 2 rings (SSSR count). The molecule has 2 atom stereocenters. The Kier molecular flexibility index (Phi) is 3.23. The molecule has 0 unspecified atom stereocenters. The maximum atomic E-state index is 3.70. The Bertz CT molecular complexity index is 152. The molecule has 13 heavy (non-hydrogen) atoms. The average molecular weight is 182 g/mol. The highest BCUT2D eigenvalue weighted by Crippen LogP contribution is 2.15. The van der Waals surface area contributed by atoms with Crippen molar-refractivity contribution >= 4 is 0 Å². The van der Waals surface area contributed by atoms with Crippen LogP contribution in [0.4, 0.5) is 0 Å². The fourth-order valence-corrected chi connectivity index (χ4v) is 2.66. The third kappa shape index (κ3) is 2.68. The van der Waals surface area contributed by atoms with E-state index in [1.807, 2.05) is 0 Å². The summed E-state index contributed by atoms with van der Waals surface area (Å²) in [6.45, 7) is 6.29. The molecule has 0 amide bonds. The van der Waals surface area contributed by atoms with Gasteiger partial charge < -0.3 is 10.2 Å². The van der Waals surface area contributed by atoms with E-state index in [9.17, 15) is 0 Å². The molecular weight excluding hydrogens is 160 g/mol.